The SMILES string of the molecule is CCC(C)c1ccc(OC(C)OCCOc2ccc3ccc(OC)cc3c2)cc1. The highest BCUT2D eigenvalue weighted by Crippen LogP contribution is 2.25. The van der Waals surface area contributed by atoms with Crippen LogP contribution < -0.4 is 14.2 Å². The van der Waals surface area contributed by atoms with E-state index in [-0.39, 0.29) is 6.29 Å². The molecule has 4 heteroatoms. The molecule has 0 saturated carbocycles. The molecule has 3 aromatic rings. The highest BCUT2D eigenvalue weighted by atomic mass is 16.7. The van der Waals surface area contributed by atoms with Gasteiger partial charge < -0.3 is 18.9 Å². The van der Waals surface area contributed by atoms with E-state index in [9.17, 15) is 0 Å². The summed E-state index contributed by atoms with van der Waals surface area (Å²) in [5.41, 5.74) is 1.33. The highest BCUT2D eigenvalue weighted by molar-refractivity contribution is 5.85. The lowest BCUT2D eigenvalue weighted by Crippen LogP contribution is -2.19. The number of hydrogen-bond donors (Lipinski definition) is 0. The molecular formula is C25H30O4. The molecule has 0 aliphatic carbocycles. The zero-order valence-corrected chi connectivity index (χ0v) is 17.7. The molecule has 154 valence electrons. The van der Waals surface area contributed by atoms with Crippen molar-refractivity contribution >= 4 is 10.8 Å². The molecular weight excluding hydrogens is 364 g/mol. The summed E-state index contributed by atoms with van der Waals surface area (Å²) in [6.45, 7) is 7.22. The third kappa shape index (κ3) is 5.88. The van der Waals surface area contributed by atoms with Gasteiger partial charge in [0.2, 0.25) is 0 Å². The lowest BCUT2D eigenvalue weighted by molar-refractivity contribution is -0.0739. The molecule has 0 aliphatic heterocycles. The van der Waals surface area contributed by atoms with Crippen LogP contribution in [-0.4, -0.2) is 26.6 Å². The van der Waals surface area contributed by atoms with Crippen molar-refractivity contribution in [3.63, 3.8) is 0 Å². The maximum atomic E-state index is 5.83. The second-order valence-electron chi connectivity index (χ2n) is 7.16. The minimum atomic E-state index is -0.339. The monoisotopic (exact) mass is 394 g/mol. The van der Waals surface area contributed by atoms with E-state index >= 15 is 0 Å². The van der Waals surface area contributed by atoms with E-state index in [0.717, 1.165) is 34.4 Å². The molecule has 29 heavy (non-hydrogen) atoms. The van der Waals surface area contributed by atoms with Crippen molar-refractivity contribution in [2.24, 2.45) is 0 Å². The lowest BCUT2D eigenvalue weighted by Gasteiger charge is -2.17. The molecule has 0 N–H and O–H groups in total. The van der Waals surface area contributed by atoms with Crippen molar-refractivity contribution in [3.8, 4) is 17.2 Å². The topological polar surface area (TPSA) is 36.9 Å². The van der Waals surface area contributed by atoms with Gasteiger partial charge in [-0.3, -0.25) is 0 Å². The van der Waals surface area contributed by atoms with Crippen molar-refractivity contribution in [1.82, 2.24) is 0 Å². The van der Waals surface area contributed by atoms with Crippen LogP contribution in [0.4, 0.5) is 0 Å². The van der Waals surface area contributed by atoms with Crippen molar-refractivity contribution in [3.05, 3.63) is 66.2 Å². The Morgan fingerprint density at radius 2 is 1.41 bits per heavy atom. The standard InChI is InChI=1S/C25H30O4/c1-5-18(2)20-6-10-23(11-7-20)29-19(3)27-14-15-28-25-13-9-21-8-12-24(26-4)16-22(21)17-25/h6-13,16-19H,5,14-15H2,1-4H3. The molecule has 3 rings (SSSR count). The van der Waals surface area contributed by atoms with E-state index in [4.69, 9.17) is 18.9 Å². The summed E-state index contributed by atoms with van der Waals surface area (Å²) < 4.78 is 22.7. The summed E-state index contributed by atoms with van der Waals surface area (Å²) in [7, 11) is 1.67. The fourth-order valence-electron chi connectivity index (χ4n) is 3.13. The predicted molar refractivity (Wildman–Crippen MR) is 117 cm³/mol. The van der Waals surface area contributed by atoms with E-state index in [1.165, 1.54) is 5.56 Å². The first-order chi connectivity index (χ1) is 14.1. The van der Waals surface area contributed by atoms with Crippen LogP contribution in [0.1, 0.15) is 38.7 Å². The van der Waals surface area contributed by atoms with Crippen LogP contribution >= 0.6 is 0 Å². The Morgan fingerprint density at radius 3 is 2.10 bits per heavy atom. The molecule has 0 heterocycles. The molecule has 0 fully saturated rings. The first kappa shape index (κ1) is 21.0. The summed E-state index contributed by atoms with van der Waals surface area (Å²) in [5, 5.41) is 2.23. The van der Waals surface area contributed by atoms with E-state index in [0.29, 0.717) is 19.1 Å². The van der Waals surface area contributed by atoms with Gasteiger partial charge in [-0.25, -0.2) is 0 Å². The van der Waals surface area contributed by atoms with Gasteiger partial charge in [0.25, 0.3) is 0 Å². The third-order valence-electron chi connectivity index (χ3n) is 5.09. The molecule has 4 nitrogen and oxygen atoms in total. The minimum absolute atomic E-state index is 0.339. The Labute approximate surface area is 173 Å². The number of fused-ring (bicyclic) bond motifs is 1. The molecule has 0 bridgehead atoms. The number of methoxy groups -OCH3 is 1. The maximum Gasteiger partial charge on any atom is 0.197 e. The summed E-state index contributed by atoms with van der Waals surface area (Å²) >= 11 is 0. The van der Waals surface area contributed by atoms with Gasteiger partial charge in [-0.1, -0.05) is 38.1 Å². The van der Waals surface area contributed by atoms with Gasteiger partial charge in [0.15, 0.2) is 6.29 Å². The van der Waals surface area contributed by atoms with Gasteiger partial charge in [-0.2, -0.15) is 0 Å². The molecule has 0 spiro atoms. The molecule has 0 radical (unpaired) electrons. The largest absolute Gasteiger partial charge is 0.497 e. The molecule has 0 saturated heterocycles. The maximum absolute atomic E-state index is 5.83. The second kappa shape index (κ2) is 10.2. The zero-order valence-electron chi connectivity index (χ0n) is 17.7. The second-order valence-corrected chi connectivity index (χ2v) is 7.16. The Hall–Kier alpha value is -2.72. The summed E-state index contributed by atoms with van der Waals surface area (Å²) in [4.78, 5) is 0. The molecule has 0 aliphatic rings. The van der Waals surface area contributed by atoms with Crippen LogP contribution in [-0.2, 0) is 4.74 Å². The van der Waals surface area contributed by atoms with E-state index in [1.807, 2.05) is 55.5 Å². The Balaban J connectivity index is 1.44. The van der Waals surface area contributed by atoms with E-state index in [2.05, 4.69) is 26.0 Å². The zero-order chi connectivity index (χ0) is 20.6. The van der Waals surface area contributed by atoms with Crippen molar-refractivity contribution in [2.75, 3.05) is 20.3 Å². The minimum Gasteiger partial charge on any atom is -0.497 e. The molecule has 0 amide bonds. The normalized spacial score (nSPS) is 13.1. The first-order valence-electron chi connectivity index (χ1n) is 10.2. The molecule has 3 aromatic carbocycles. The molecule has 0 aromatic heterocycles. The van der Waals surface area contributed by atoms with Crippen LogP contribution in [0.5, 0.6) is 17.2 Å². The van der Waals surface area contributed by atoms with Crippen molar-refractivity contribution in [1.29, 1.82) is 0 Å². The van der Waals surface area contributed by atoms with Crippen molar-refractivity contribution in [2.45, 2.75) is 39.4 Å². The third-order valence-corrected chi connectivity index (χ3v) is 5.09. The van der Waals surface area contributed by atoms with Crippen LogP contribution in [0.15, 0.2) is 60.7 Å². The molecule has 2 atom stereocenters. The highest BCUT2D eigenvalue weighted by Gasteiger charge is 2.07. The van der Waals surface area contributed by atoms with Gasteiger partial charge in [0.05, 0.1) is 13.7 Å². The van der Waals surface area contributed by atoms with Crippen molar-refractivity contribution < 1.29 is 18.9 Å². The Kier molecular flexibility index (Phi) is 7.36. The van der Waals surface area contributed by atoms with Gasteiger partial charge in [0, 0.05) is 0 Å². The van der Waals surface area contributed by atoms with Crippen LogP contribution in [0, 0.1) is 0 Å². The average molecular weight is 395 g/mol. The predicted octanol–water partition coefficient (Wildman–Crippen LogP) is 6.18. The lowest BCUT2D eigenvalue weighted by atomic mass is 9.99. The van der Waals surface area contributed by atoms with Gasteiger partial charge in [0.1, 0.15) is 23.9 Å². The summed E-state index contributed by atoms with van der Waals surface area (Å²) in [6.07, 6.45) is 0.790. The number of ether oxygens (including phenoxy) is 4. The fraction of sp³-hybridized carbons (Fsp3) is 0.360. The quantitative estimate of drug-likeness (QED) is 0.304. The molecule has 2 unspecified atom stereocenters. The summed E-state index contributed by atoms with van der Waals surface area (Å²) in [6, 6.07) is 20.3. The van der Waals surface area contributed by atoms with Gasteiger partial charge >= 0.3 is 0 Å². The van der Waals surface area contributed by atoms with Gasteiger partial charge in [-0.15, -0.1) is 0 Å². The van der Waals surface area contributed by atoms with Crippen LogP contribution in [0.3, 0.4) is 0 Å². The van der Waals surface area contributed by atoms with Crippen LogP contribution in [0.25, 0.3) is 10.8 Å². The Bertz CT molecular complexity index is 904. The fourth-order valence-corrected chi connectivity index (χ4v) is 3.13. The average Bonchev–Trinajstić information content (AvgIpc) is 2.76. The Morgan fingerprint density at radius 1 is 0.759 bits per heavy atom. The smallest absolute Gasteiger partial charge is 0.197 e. The van der Waals surface area contributed by atoms with Gasteiger partial charge in [-0.05, 0) is 72.0 Å². The van der Waals surface area contributed by atoms with E-state index in [1.54, 1.807) is 7.11 Å². The first-order valence-corrected chi connectivity index (χ1v) is 10.2. The number of hydrogen-bond acceptors (Lipinski definition) is 4. The summed E-state index contributed by atoms with van der Waals surface area (Å²) in [5.74, 6) is 3.02. The number of rotatable bonds is 10. The number of benzene rings is 3. The van der Waals surface area contributed by atoms with Crippen LogP contribution in [0.2, 0.25) is 0 Å². The van der Waals surface area contributed by atoms with E-state index < -0.39 is 0 Å².